The number of quaternary nitrogens is 2. The molecule has 0 spiro atoms. The van der Waals surface area contributed by atoms with Crippen LogP contribution in [0, 0.1) is 0 Å². The van der Waals surface area contributed by atoms with Crippen LogP contribution in [0.1, 0.15) is 12.5 Å². The summed E-state index contributed by atoms with van der Waals surface area (Å²) in [5.74, 6) is 0.846. The van der Waals surface area contributed by atoms with E-state index in [0.717, 1.165) is 31.8 Å². The number of likely N-dealkylation sites (N-methyl/N-ethyl adjacent to an activating group) is 1. The zero-order valence-electron chi connectivity index (χ0n) is 12.7. The van der Waals surface area contributed by atoms with Gasteiger partial charge in [0, 0.05) is 0 Å². The van der Waals surface area contributed by atoms with Crippen molar-refractivity contribution in [1.82, 2.24) is 0 Å². The number of piperazine rings is 1. The van der Waals surface area contributed by atoms with Crippen LogP contribution in [0.4, 0.5) is 0 Å². The van der Waals surface area contributed by atoms with Gasteiger partial charge in [-0.2, -0.15) is 0 Å². The van der Waals surface area contributed by atoms with Crippen molar-refractivity contribution in [3.63, 3.8) is 0 Å². The molecule has 1 fully saturated rings. The lowest BCUT2D eigenvalue weighted by atomic mass is 10.2. The highest BCUT2D eigenvalue weighted by Crippen LogP contribution is 2.12. The third-order valence-corrected chi connectivity index (χ3v) is 4.11. The predicted octanol–water partition coefficient (Wildman–Crippen LogP) is -1.60. The van der Waals surface area contributed by atoms with Crippen LogP contribution in [-0.4, -0.2) is 57.6 Å². The van der Waals surface area contributed by atoms with E-state index in [1.54, 1.807) is 4.90 Å². The summed E-state index contributed by atoms with van der Waals surface area (Å²) in [6, 6.07) is 8.13. The summed E-state index contributed by atoms with van der Waals surface area (Å²) in [7, 11) is 2.23. The number of benzene rings is 1. The molecular weight excluding hydrogens is 252 g/mol. The van der Waals surface area contributed by atoms with Gasteiger partial charge in [-0.15, -0.1) is 0 Å². The second-order valence-corrected chi connectivity index (χ2v) is 5.87. The molecule has 1 aromatic rings. The van der Waals surface area contributed by atoms with E-state index in [2.05, 4.69) is 26.1 Å². The maximum absolute atomic E-state index is 10.1. The molecule has 0 saturated carbocycles. The van der Waals surface area contributed by atoms with Crippen molar-refractivity contribution in [3.8, 4) is 5.75 Å². The number of hydrogen-bond acceptors (Lipinski definition) is 2. The number of aliphatic hydroxyl groups is 1. The molecule has 0 amide bonds. The second-order valence-electron chi connectivity index (χ2n) is 5.87. The molecule has 4 nitrogen and oxygen atoms in total. The summed E-state index contributed by atoms with van der Waals surface area (Å²) in [5.41, 5.74) is 1.31. The molecule has 0 aromatic heterocycles. The molecule has 0 bridgehead atoms. The van der Waals surface area contributed by atoms with Crippen LogP contribution < -0.4 is 14.5 Å². The van der Waals surface area contributed by atoms with Crippen LogP contribution >= 0.6 is 0 Å². The van der Waals surface area contributed by atoms with Gasteiger partial charge in [-0.05, 0) is 24.1 Å². The molecule has 4 heteroatoms. The molecule has 1 heterocycles. The second kappa shape index (κ2) is 7.62. The first kappa shape index (κ1) is 15.3. The molecule has 1 aromatic carbocycles. The quantitative estimate of drug-likeness (QED) is 0.587. The van der Waals surface area contributed by atoms with Gasteiger partial charge in [-0.3, -0.25) is 0 Å². The fourth-order valence-electron chi connectivity index (χ4n) is 2.64. The predicted molar refractivity (Wildman–Crippen MR) is 79.5 cm³/mol. The van der Waals surface area contributed by atoms with Crippen LogP contribution in [0.15, 0.2) is 24.3 Å². The first-order valence-electron chi connectivity index (χ1n) is 7.72. The van der Waals surface area contributed by atoms with Gasteiger partial charge in [0.15, 0.2) is 0 Å². The topological polar surface area (TPSA) is 38.3 Å². The number of nitrogens with one attached hydrogen (secondary N) is 2. The SMILES string of the molecule is CCc1ccc(OC[C@@H](O)C[NH+]2CC[NH+](C)CC2)cc1. The van der Waals surface area contributed by atoms with Gasteiger partial charge in [0.25, 0.3) is 0 Å². The zero-order valence-corrected chi connectivity index (χ0v) is 12.7. The van der Waals surface area contributed by atoms with Crippen molar-refractivity contribution >= 4 is 0 Å². The molecule has 1 aliphatic heterocycles. The van der Waals surface area contributed by atoms with Crippen LogP contribution in [0.3, 0.4) is 0 Å². The Balaban J connectivity index is 1.70. The Bertz CT molecular complexity index is 386. The Hall–Kier alpha value is -1.10. The number of rotatable bonds is 6. The highest BCUT2D eigenvalue weighted by Gasteiger charge is 2.22. The molecule has 1 aliphatic rings. The zero-order chi connectivity index (χ0) is 14.4. The van der Waals surface area contributed by atoms with Crippen molar-refractivity contribution in [2.45, 2.75) is 19.4 Å². The highest BCUT2D eigenvalue weighted by atomic mass is 16.5. The van der Waals surface area contributed by atoms with Gasteiger partial charge in [-0.1, -0.05) is 19.1 Å². The van der Waals surface area contributed by atoms with Crippen molar-refractivity contribution in [1.29, 1.82) is 0 Å². The Labute approximate surface area is 122 Å². The van der Waals surface area contributed by atoms with E-state index in [-0.39, 0.29) is 6.10 Å². The molecule has 0 aliphatic carbocycles. The number of aliphatic hydroxyl groups excluding tert-OH is 1. The van der Waals surface area contributed by atoms with E-state index >= 15 is 0 Å². The van der Waals surface area contributed by atoms with Gasteiger partial charge >= 0.3 is 0 Å². The number of ether oxygens (including phenoxy) is 1. The smallest absolute Gasteiger partial charge is 0.137 e. The lowest BCUT2D eigenvalue weighted by molar-refractivity contribution is -1.00. The molecule has 1 saturated heterocycles. The Kier molecular flexibility index (Phi) is 5.83. The fraction of sp³-hybridized carbons (Fsp3) is 0.625. The van der Waals surface area contributed by atoms with Crippen molar-refractivity contribution in [2.75, 3.05) is 46.4 Å². The monoisotopic (exact) mass is 280 g/mol. The summed E-state index contributed by atoms with van der Waals surface area (Å²) in [5, 5.41) is 10.1. The molecule has 0 unspecified atom stereocenters. The lowest BCUT2D eigenvalue weighted by Crippen LogP contribution is -3.27. The molecule has 3 N–H and O–H groups in total. The van der Waals surface area contributed by atoms with Gasteiger partial charge in [0.2, 0.25) is 0 Å². The first-order valence-corrected chi connectivity index (χ1v) is 7.72. The van der Waals surface area contributed by atoms with Crippen LogP contribution in [0.2, 0.25) is 0 Å². The van der Waals surface area contributed by atoms with E-state index in [0.29, 0.717) is 6.61 Å². The maximum Gasteiger partial charge on any atom is 0.137 e. The summed E-state index contributed by atoms with van der Waals surface area (Å²) in [6.07, 6.45) is 0.659. The molecule has 112 valence electrons. The molecule has 1 atom stereocenters. The van der Waals surface area contributed by atoms with Gasteiger partial charge in [0.05, 0.1) is 7.05 Å². The summed E-state index contributed by atoms with van der Waals surface area (Å²) in [6.45, 7) is 8.00. The lowest BCUT2D eigenvalue weighted by Gasteiger charge is -2.28. The molecule has 2 rings (SSSR count). The highest BCUT2D eigenvalue weighted by molar-refractivity contribution is 5.27. The molecule has 20 heavy (non-hydrogen) atoms. The van der Waals surface area contributed by atoms with Gasteiger partial charge < -0.3 is 19.6 Å². The summed E-state index contributed by atoms with van der Waals surface area (Å²) in [4.78, 5) is 3.09. The Morgan fingerprint density at radius 1 is 1.15 bits per heavy atom. The fourth-order valence-corrected chi connectivity index (χ4v) is 2.64. The van der Waals surface area contributed by atoms with E-state index in [1.807, 2.05) is 12.1 Å². The maximum atomic E-state index is 10.1. The van der Waals surface area contributed by atoms with Gasteiger partial charge in [0.1, 0.15) is 51.2 Å². The first-order chi connectivity index (χ1) is 9.67. The van der Waals surface area contributed by atoms with Crippen molar-refractivity contribution < 1.29 is 19.6 Å². The standard InChI is InChI=1S/C16H26N2O2/c1-3-14-4-6-16(7-5-14)20-13-15(19)12-18-10-8-17(2)9-11-18/h4-7,15,19H,3,8-13H2,1-2H3/p+2/t15-/m0/s1. The van der Waals surface area contributed by atoms with Crippen molar-refractivity contribution in [2.24, 2.45) is 0 Å². The summed E-state index contributed by atoms with van der Waals surface area (Å²) >= 11 is 0. The minimum Gasteiger partial charge on any atom is -0.491 e. The third kappa shape index (κ3) is 4.78. The Morgan fingerprint density at radius 2 is 1.80 bits per heavy atom. The van der Waals surface area contributed by atoms with E-state index in [4.69, 9.17) is 4.74 Å². The average Bonchev–Trinajstić information content (AvgIpc) is 2.48. The van der Waals surface area contributed by atoms with Crippen LogP contribution in [0.25, 0.3) is 0 Å². The van der Waals surface area contributed by atoms with Crippen LogP contribution in [-0.2, 0) is 6.42 Å². The van der Waals surface area contributed by atoms with E-state index in [9.17, 15) is 5.11 Å². The average molecular weight is 280 g/mol. The summed E-state index contributed by atoms with van der Waals surface area (Å²) < 4.78 is 5.66. The molecule has 0 radical (unpaired) electrons. The third-order valence-electron chi connectivity index (χ3n) is 4.11. The Morgan fingerprint density at radius 3 is 2.40 bits per heavy atom. The number of aryl methyl sites for hydroxylation is 1. The van der Waals surface area contributed by atoms with Crippen molar-refractivity contribution in [3.05, 3.63) is 29.8 Å². The van der Waals surface area contributed by atoms with Gasteiger partial charge in [-0.25, -0.2) is 0 Å². The normalized spacial score (nSPS) is 24.4. The van der Waals surface area contributed by atoms with Crippen LogP contribution in [0.5, 0.6) is 5.75 Å². The molecular formula is C16H28N2O2+2. The number of hydrogen-bond donors (Lipinski definition) is 3. The minimum absolute atomic E-state index is 0.380. The van der Waals surface area contributed by atoms with E-state index in [1.165, 1.54) is 23.6 Å². The van der Waals surface area contributed by atoms with E-state index < -0.39 is 0 Å². The largest absolute Gasteiger partial charge is 0.491 e. The minimum atomic E-state index is -0.380.